The van der Waals surface area contributed by atoms with Crippen LogP contribution in [0.1, 0.15) is 25.3 Å². The Morgan fingerprint density at radius 1 is 1.27 bits per heavy atom. The van der Waals surface area contributed by atoms with Crippen molar-refractivity contribution in [3.63, 3.8) is 0 Å². The number of oxime groups is 1. The molecular formula is C13H17NO. The number of unbranched alkanes of at least 4 members (excludes halogenated alkanes) is 1. The molecule has 0 aliphatic rings. The van der Waals surface area contributed by atoms with Gasteiger partial charge in [0.1, 0.15) is 6.61 Å². The molecule has 0 radical (unpaired) electrons. The summed E-state index contributed by atoms with van der Waals surface area (Å²) in [6.45, 7) is 2.83. The fourth-order valence-electron chi connectivity index (χ4n) is 1.06. The summed E-state index contributed by atoms with van der Waals surface area (Å²) in [5.74, 6) is 0. The van der Waals surface area contributed by atoms with Gasteiger partial charge >= 0.3 is 0 Å². The van der Waals surface area contributed by atoms with E-state index in [-0.39, 0.29) is 0 Å². The van der Waals surface area contributed by atoms with Gasteiger partial charge in [0.15, 0.2) is 0 Å². The molecule has 2 heteroatoms. The molecule has 2 nitrogen and oxygen atoms in total. The van der Waals surface area contributed by atoms with E-state index in [1.165, 1.54) is 0 Å². The summed E-state index contributed by atoms with van der Waals surface area (Å²) in [4.78, 5) is 5.03. The van der Waals surface area contributed by atoms with Crippen LogP contribution in [0.3, 0.4) is 0 Å². The van der Waals surface area contributed by atoms with Gasteiger partial charge in [-0.25, -0.2) is 0 Å². The maximum absolute atomic E-state index is 5.03. The van der Waals surface area contributed by atoms with Gasteiger partial charge in [-0.15, -0.1) is 0 Å². The Morgan fingerprint density at radius 3 is 2.80 bits per heavy atom. The van der Waals surface area contributed by atoms with Crippen molar-refractivity contribution >= 4 is 12.3 Å². The van der Waals surface area contributed by atoms with E-state index in [4.69, 9.17) is 4.84 Å². The van der Waals surface area contributed by atoms with Gasteiger partial charge in [-0.2, -0.15) is 0 Å². The third-order valence-electron chi connectivity index (χ3n) is 1.90. The van der Waals surface area contributed by atoms with E-state index in [0.29, 0.717) is 6.61 Å². The second kappa shape index (κ2) is 7.80. The molecule has 0 aliphatic heterocycles. The predicted molar refractivity (Wildman–Crippen MR) is 64.8 cm³/mol. The lowest BCUT2D eigenvalue weighted by molar-refractivity contribution is 0.143. The zero-order valence-electron chi connectivity index (χ0n) is 9.10. The minimum Gasteiger partial charge on any atom is -0.396 e. The third-order valence-corrected chi connectivity index (χ3v) is 1.90. The zero-order valence-corrected chi connectivity index (χ0v) is 9.10. The Bertz CT molecular complexity index is 304. The molecule has 0 atom stereocenters. The van der Waals surface area contributed by atoms with Crippen molar-refractivity contribution in [2.75, 3.05) is 6.61 Å². The standard InChI is InChI=1S/C13H17NO/c1-2-3-12-15-14-11-7-10-13-8-5-4-6-9-13/h4-11H,2-3,12H2,1H3. The van der Waals surface area contributed by atoms with Crippen LogP contribution in [0.25, 0.3) is 6.08 Å². The lowest BCUT2D eigenvalue weighted by Gasteiger charge is -1.93. The van der Waals surface area contributed by atoms with Gasteiger partial charge < -0.3 is 4.84 Å². The highest BCUT2D eigenvalue weighted by molar-refractivity contribution is 5.77. The molecule has 0 saturated carbocycles. The van der Waals surface area contributed by atoms with Crippen LogP contribution in [0.2, 0.25) is 0 Å². The first-order valence-electron chi connectivity index (χ1n) is 5.30. The normalized spacial score (nSPS) is 11.3. The molecule has 0 saturated heterocycles. The highest BCUT2D eigenvalue weighted by Crippen LogP contribution is 1.99. The predicted octanol–water partition coefficient (Wildman–Crippen LogP) is 3.50. The van der Waals surface area contributed by atoms with E-state index in [0.717, 1.165) is 18.4 Å². The lowest BCUT2D eigenvalue weighted by Crippen LogP contribution is -1.85. The lowest BCUT2D eigenvalue weighted by atomic mass is 10.2. The summed E-state index contributed by atoms with van der Waals surface area (Å²) in [7, 11) is 0. The van der Waals surface area contributed by atoms with Crippen LogP contribution in [0.5, 0.6) is 0 Å². The van der Waals surface area contributed by atoms with E-state index in [2.05, 4.69) is 12.1 Å². The molecule has 0 spiro atoms. The molecule has 0 aromatic heterocycles. The third kappa shape index (κ3) is 5.68. The van der Waals surface area contributed by atoms with Gasteiger partial charge in [-0.3, -0.25) is 0 Å². The summed E-state index contributed by atoms with van der Waals surface area (Å²) < 4.78 is 0. The Kier molecular flexibility index (Phi) is 5.98. The average molecular weight is 203 g/mol. The maximum Gasteiger partial charge on any atom is 0.117 e. The fraction of sp³-hybridized carbons (Fsp3) is 0.308. The van der Waals surface area contributed by atoms with Crippen molar-refractivity contribution in [1.29, 1.82) is 0 Å². The molecule has 0 N–H and O–H groups in total. The molecule has 80 valence electrons. The summed E-state index contributed by atoms with van der Waals surface area (Å²) >= 11 is 0. The quantitative estimate of drug-likeness (QED) is 0.394. The first-order valence-corrected chi connectivity index (χ1v) is 5.30. The molecule has 0 fully saturated rings. The number of hydrogen-bond donors (Lipinski definition) is 0. The van der Waals surface area contributed by atoms with Gasteiger partial charge in [0, 0.05) is 0 Å². The molecule has 0 bridgehead atoms. The minimum absolute atomic E-state index is 0.701. The maximum atomic E-state index is 5.03. The zero-order chi connectivity index (χ0) is 10.8. The number of hydrogen-bond acceptors (Lipinski definition) is 2. The Balaban J connectivity index is 2.22. The van der Waals surface area contributed by atoms with Gasteiger partial charge in [0.05, 0.1) is 6.21 Å². The van der Waals surface area contributed by atoms with Crippen molar-refractivity contribution in [3.8, 4) is 0 Å². The fourth-order valence-corrected chi connectivity index (χ4v) is 1.06. The van der Waals surface area contributed by atoms with Crippen LogP contribution in [0.4, 0.5) is 0 Å². The van der Waals surface area contributed by atoms with Crippen molar-refractivity contribution in [1.82, 2.24) is 0 Å². The molecule has 1 aromatic carbocycles. The summed E-state index contributed by atoms with van der Waals surface area (Å²) in [5, 5.41) is 3.81. The number of nitrogens with zero attached hydrogens (tertiary/aromatic N) is 1. The average Bonchev–Trinajstić information content (AvgIpc) is 2.29. The van der Waals surface area contributed by atoms with Crippen LogP contribution in [-0.2, 0) is 4.84 Å². The Hall–Kier alpha value is -1.57. The minimum atomic E-state index is 0.701. The Morgan fingerprint density at radius 2 is 2.07 bits per heavy atom. The van der Waals surface area contributed by atoms with E-state index in [1.807, 2.05) is 42.5 Å². The van der Waals surface area contributed by atoms with E-state index >= 15 is 0 Å². The van der Waals surface area contributed by atoms with Gasteiger partial charge in [0.2, 0.25) is 0 Å². The first-order chi connectivity index (χ1) is 7.43. The van der Waals surface area contributed by atoms with Gasteiger partial charge in [0.25, 0.3) is 0 Å². The smallest absolute Gasteiger partial charge is 0.117 e. The molecule has 15 heavy (non-hydrogen) atoms. The number of rotatable bonds is 6. The van der Waals surface area contributed by atoms with Crippen LogP contribution >= 0.6 is 0 Å². The van der Waals surface area contributed by atoms with Crippen LogP contribution in [0, 0.1) is 0 Å². The molecule has 0 aliphatic carbocycles. The van der Waals surface area contributed by atoms with E-state index in [1.54, 1.807) is 6.21 Å². The van der Waals surface area contributed by atoms with Crippen molar-refractivity contribution in [2.45, 2.75) is 19.8 Å². The largest absolute Gasteiger partial charge is 0.396 e. The molecular weight excluding hydrogens is 186 g/mol. The van der Waals surface area contributed by atoms with Gasteiger partial charge in [-0.1, -0.05) is 54.9 Å². The topological polar surface area (TPSA) is 21.6 Å². The molecule has 0 unspecified atom stereocenters. The molecule has 0 amide bonds. The highest BCUT2D eigenvalue weighted by Gasteiger charge is 1.81. The highest BCUT2D eigenvalue weighted by atomic mass is 16.6. The summed E-state index contributed by atoms with van der Waals surface area (Å²) in [6, 6.07) is 10.1. The second-order valence-electron chi connectivity index (χ2n) is 3.21. The van der Waals surface area contributed by atoms with Crippen LogP contribution in [0.15, 0.2) is 41.6 Å². The molecule has 1 rings (SSSR count). The second-order valence-corrected chi connectivity index (χ2v) is 3.21. The monoisotopic (exact) mass is 203 g/mol. The SMILES string of the molecule is CCCCON=CC=Cc1ccccc1. The molecule has 0 heterocycles. The van der Waals surface area contributed by atoms with E-state index in [9.17, 15) is 0 Å². The van der Waals surface area contributed by atoms with Crippen molar-refractivity contribution in [2.24, 2.45) is 5.16 Å². The van der Waals surface area contributed by atoms with Crippen molar-refractivity contribution in [3.05, 3.63) is 42.0 Å². The number of benzene rings is 1. The summed E-state index contributed by atoms with van der Waals surface area (Å²) in [6.07, 6.45) is 7.73. The van der Waals surface area contributed by atoms with Gasteiger partial charge in [-0.05, 0) is 18.1 Å². The van der Waals surface area contributed by atoms with E-state index < -0.39 is 0 Å². The van der Waals surface area contributed by atoms with Crippen LogP contribution in [-0.4, -0.2) is 12.8 Å². The molecule has 1 aromatic rings. The number of allylic oxidation sites excluding steroid dienone is 1. The Labute approximate surface area is 91.3 Å². The van der Waals surface area contributed by atoms with Crippen molar-refractivity contribution < 1.29 is 4.84 Å². The van der Waals surface area contributed by atoms with Crippen LogP contribution < -0.4 is 0 Å². The first kappa shape index (κ1) is 11.5. The summed E-state index contributed by atoms with van der Waals surface area (Å²) in [5.41, 5.74) is 1.16.